The average Bonchev–Trinajstić information content (AvgIpc) is 2.56. The van der Waals surface area contributed by atoms with Gasteiger partial charge in [0.1, 0.15) is 0 Å². The minimum Gasteiger partial charge on any atom is -0.501 e. The van der Waals surface area contributed by atoms with Gasteiger partial charge >= 0.3 is 0 Å². The van der Waals surface area contributed by atoms with Crippen molar-refractivity contribution in [2.75, 3.05) is 6.61 Å². The summed E-state index contributed by atoms with van der Waals surface area (Å²) < 4.78 is 4.91. The maximum atomic E-state index is 11.2. The Hall–Kier alpha value is -1.09. The molecule has 1 heterocycles. The molecule has 0 aliphatic heterocycles. The molecule has 64 valence electrons. The summed E-state index contributed by atoms with van der Waals surface area (Å²) in [6.45, 7) is 2.47. The smallest absolute Gasteiger partial charge is 0.198 e. The summed E-state index contributed by atoms with van der Waals surface area (Å²) in [6, 6.07) is 3.65. The van der Waals surface area contributed by atoms with Crippen LogP contribution < -0.4 is 0 Å². The van der Waals surface area contributed by atoms with Crippen LogP contribution in [0.3, 0.4) is 0 Å². The van der Waals surface area contributed by atoms with Gasteiger partial charge in [0.05, 0.1) is 17.7 Å². The molecular weight excluding hydrogens is 172 g/mol. The summed E-state index contributed by atoms with van der Waals surface area (Å²) in [5, 5.41) is 1.88. The molecule has 2 nitrogen and oxygen atoms in total. The normalized spacial score (nSPS) is 10.4. The van der Waals surface area contributed by atoms with E-state index in [1.165, 1.54) is 23.7 Å². The van der Waals surface area contributed by atoms with Crippen LogP contribution >= 0.6 is 11.3 Å². The fraction of sp³-hybridized carbons (Fsp3) is 0.222. The second-order valence-corrected chi connectivity index (χ2v) is 3.05. The van der Waals surface area contributed by atoms with Gasteiger partial charge in [-0.15, -0.1) is 11.3 Å². The van der Waals surface area contributed by atoms with E-state index in [4.69, 9.17) is 4.74 Å². The molecule has 0 bridgehead atoms. The molecule has 0 N–H and O–H groups in total. The van der Waals surface area contributed by atoms with Crippen LogP contribution in [0.25, 0.3) is 0 Å². The lowest BCUT2D eigenvalue weighted by molar-refractivity contribution is 0.104. The quantitative estimate of drug-likeness (QED) is 0.406. The van der Waals surface area contributed by atoms with Crippen LogP contribution in [-0.4, -0.2) is 12.4 Å². The van der Waals surface area contributed by atoms with Crippen LogP contribution in [0.4, 0.5) is 0 Å². The lowest BCUT2D eigenvalue weighted by Crippen LogP contribution is -1.89. The average molecular weight is 182 g/mol. The van der Waals surface area contributed by atoms with E-state index in [0.29, 0.717) is 6.61 Å². The lowest BCUT2D eigenvalue weighted by Gasteiger charge is -1.91. The van der Waals surface area contributed by atoms with E-state index in [9.17, 15) is 4.79 Å². The Labute approximate surface area is 75.5 Å². The first kappa shape index (κ1) is 9.00. The van der Waals surface area contributed by atoms with E-state index >= 15 is 0 Å². The zero-order valence-electron chi connectivity index (χ0n) is 6.82. The second-order valence-electron chi connectivity index (χ2n) is 2.10. The maximum absolute atomic E-state index is 11.2. The molecule has 3 heteroatoms. The highest BCUT2D eigenvalue weighted by atomic mass is 32.1. The summed E-state index contributed by atoms with van der Waals surface area (Å²) in [5.41, 5.74) is 0. The highest BCUT2D eigenvalue weighted by molar-refractivity contribution is 7.12. The second kappa shape index (κ2) is 4.72. The molecule has 0 saturated heterocycles. The Morgan fingerprint density at radius 2 is 2.58 bits per heavy atom. The van der Waals surface area contributed by atoms with Crippen molar-refractivity contribution in [1.29, 1.82) is 0 Å². The number of allylic oxidation sites excluding steroid dienone is 1. The minimum atomic E-state index is -0.00144. The maximum Gasteiger partial charge on any atom is 0.198 e. The van der Waals surface area contributed by atoms with Crippen LogP contribution in [0.2, 0.25) is 0 Å². The molecule has 0 aliphatic carbocycles. The molecule has 1 rings (SSSR count). The van der Waals surface area contributed by atoms with Crippen LogP contribution in [-0.2, 0) is 4.74 Å². The molecule has 0 fully saturated rings. The number of hydrogen-bond acceptors (Lipinski definition) is 3. The summed E-state index contributed by atoms with van der Waals surface area (Å²) in [7, 11) is 0. The molecule has 0 saturated carbocycles. The van der Waals surface area contributed by atoms with Crippen molar-refractivity contribution in [3.8, 4) is 0 Å². The molecule has 0 aromatic carbocycles. The molecule has 0 amide bonds. The third kappa shape index (κ3) is 2.51. The number of rotatable bonds is 4. The van der Waals surface area contributed by atoms with Gasteiger partial charge in [0.25, 0.3) is 0 Å². The van der Waals surface area contributed by atoms with Crippen LogP contribution in [0.5, 0.6) is 0 Å². The van der Waals surface area contributed by atoms with Gasteiger partial charge in [0.2, 0.25) is 0 Å². The number of carbonyl (C=O) groups excluding carboxylic acids is 1. The molecule has 0 atom stereocenters. The standard InChI is InChI=1S/C9H10O2S/c1-2-11-6-5-8(10)9-4-3-7-12-9/h3-7H,2H2,1H3. The van der Waals surface area contributed by atoms with E-state index in [1.54, 1.807) is 6.07 Å². The molecule has 1 aromatic rings. The van der Waals surface area contributed by atoms with Crippen molar-refractivity contribution in [3.63, 3.8) is 0 Å². The predicted octanol–water partition coefficient (Wildman–Crippen LogP) is 2.48. The van der Waals surface area contributed by atoms with E-state index in [-0.39, 0.29) is 5.78 Å². The minimum absolute atomic E-state index is 0.00144. The zero-order valence-corrected chi connectivity index (χ0v) is 7.64. The van der Waals surface area contributed by atoms with Crippen molar-refractivity contribution in [3.05, 3.63) is 34.7 Å². The van der Waals surface area contributed by atoms with Gasteiger partial charge in [-0.05, 0) is 18.4 Å². The number of hydrogen-bond donors (Lipinski definition) is 0. The van der Waals surface area contributed by atoms with Gasteiger partial charge in [-0.3, -0.25) is 4.79 Å². The number of thiophene rings is 1. The Morgan fingerprint density at radius 3 is 3.17 bits per heavy atom. The third-order valence-electron chi connectivity index (χ3n) is 1.25. The largest absolute Gasteiger partial charge is 0.501 e. The van der Waals surface area contributed by atoms with Crippen LogP contribution in [0.1, 0.15) is 16.6 Å². The number of ketones is 1. The molecule has 0 aliphatic rings. The van der Waals surface area contributed by atoms with E-state index < -0.39 is 0 Å². The summed E-state index contributed by atoms with van der Waals surface area (Å²) in [6.07, 6.45) is 2.87. The molecule has 12 heavy (non-hydrogen) atoms. The SMILES string of the molecule is CCOC=CC(=O)c1cccs1. The molecule has 1 aromatic heterocycles. The van der Waals surface area contributed by atoms with E-state index in [1.807, 2.05) is 18.4 Å². The van der Waals surface area contributed by atoms with E-state index in [2.05, 4.69) is 0 Å². The molecule has 0 unspecified atom stereocenters. The molecular formula is C9H10O2S. The fourth-order valence-electron chi connectivity index (χ4n) is 0.707. The number of carbonyl (C=O) groups is 1. The molecule has 0 spiro atoms. The van der Waals surface area contributed by atoms with Gasteiger partial charge in [0.15, 0.2) is 5.78 Å². The first-order chi connectivity index (χ1) is 5.84. The van der Waals surface area contributed by atoms with Gasteiger partial charge in [-0.2, -0.15) is 0 Å². The van der Waals surface area contributed by atoms with Crippen LogP contribution in [0, 0.1) is 0 Å². The van der Waals surface area contributed by atoms with Crippen LogP contribution in [0.15, 0.2) is 29.9 Å². The van der Waals surface area contributed by atoms with Gasteiger partial charge in [-0.25, -0.2) is 0 Å². The van der Waals surface area contributed by atoms with E-state index in [0.717, 1.165) is 4.88 Å². The predicted molar refractivity (Wildman–Crippen MR) is 49.4 cm³/mol. The highest BCUT2D eigenvalue weighted by Crippen LogP contribution is 2.09. The Balaban J connectivity index is 2.50. The Morgan fingerprint density at radius 1 is 1.75 bits per heavy atom. The first-order valence-electron chi connectivity index (χ1n) is 3.70. The number of ether oxygens (including phenoxy) is 1. The molecule has 0 radical (unpaired) electrons. The van der Waals surface area contributed by atoms with Crippen molar-refractivity contribution in [2.45, 2.75) is 6.92 Å². The lowest BCUT2D eigenvalue weighted by atomic mass is 10.3. The summed E-state index contributed by atoms with van der Waals surface area (Å²) in [4.78, 5) is 12.0. The van der Waals surface area contributed by atoms with Gasteiger partial charge in [0, 0.05) is 6.08 Å². The Bertz CT molecular complexity index is 262. The fourth-order valence-corrected chi connectivity index (χ4v) is 1.35. The van der Waals surface area contributed by atoms with Gasteiger partial charge < -0.3 is 4.74 Å². The topological polar surface area (TPSA) is 26.3 Å². The summed E-state index contributed by atoms with van der Waals surface area (Å²) >= 11 is 1.43. The third-order valence-corrected chi connectivity index (χ3v) is 2.13. The monoisotopic (exact) mass is 182 g/mol. The first-order valence-corrected chi connectivity index (χ1v) is 4.58. The summed E-state index contributed by atoms with van der Waals surface area (Å²) in [5.74, 6) is -0.00144. The van der Waals surface area contributed by atoms with Crippen molar-refractivity contribution in [1.82, 2.24) is 0 Å². The van der Waals surface area contributed by atoms with Crippen molar-refractivity contribution >= 4 is 17.1 Å². The van der Waals surface area contributed by atoms with Crippen molar-refractivity contribution in [2.24, 2.45) is 0 Å². The highest BCUT2D eigenvalue weighted by Gasteiger charge is 2.00. The Kier molecular flexibility index (Phi) is 3.54. The van der Waals surface area contributed by atoms with Crippen molar-refractivity contribution < 1.29 is 9.53 Å². The van der Waals surface area contributed by atoms with Gasteiger partial charge in [-0.1, -0.05) is 6.07 Å². The zero-order chi connectivity index (χ0) is 8.81.